The van der Waals surface area contributed by atoms with Crippen LogP contribution in [0.25, 0.3) is 0 Å². The lowest BCUT2D eigenvalue weighted by atomic mass is 10.3. The molecular formula is C8H9BrClN. The fourth-order valence-corrected chi connectivity index (χ4v) is 1.49. The first-order valence-electron chi connectivity index (χ1n) is 3.24. The maximum atomic E-state index is 6.00. The Kier molecular flexibility index (Phi) is 2.79. The zero-order valence-electron chi connectivity index (χ0n) is 6.44. The van der Waals surface area contributed by atoms with E-state index < -0.39 is 0 Å². The van der Waals surface area contributed by atoms with Gasteiger partial charge in [0, 0.05) is 18.6 Å². The van der Waals surface area contributed by atoms with Crippen LogP contribution in [-0.2, 0) is 0 Å². The smallest absolute Gasteiger partial charge is 0.0781 e. The highest BCUT2D eigenvalue weighted by molar-refractivity contribution is 9.10. The van der Waals surface area contributed by atoms with Crippen LogP contribution in [0.15, 0.2) is 22.7 Å². The van der Waals surface area contributed by atoms with Gasteiger partial charge in [0.15, 0.2) is 0 Å². The number of halogens is 2. The van der Waals surface area contributed by atoms with Crippen molar-refractivity contribution >= 4 is 33.2 Å². The molecule has 60 valence electrons. The molecule has 0 N–H and O–H groups in total. The summed E-state index contributed by atoms with van der Waals surface area (Å²) in [6.45, 7) is 0. The van der Waals surface area contributed by atoms with E-state index in [4.69, 9.17) is 11.6 Å². The van der Waals surface area contributed by atoms with Crippen molar-refractivity contribution < 1.29 is 0 Å². The highest BCUT2D eigenvalue weighted by atomic mass is 79.9. The molecule has 11 heavy (non-hydrogen) atoms. The topological polar surface area (TPSA) is 3.24 Å². The molecule has 0 aliphatic carbocycles. The Labute approximate surface area is 80.1 Å². The predicted molar refractivity (Wildman–Crippen MR) is 53.5 cm³/mol. The summed E-state index contributed by atoms with van der Waals surface area (Å²) in [6, 6.07) is 5.87. The molecule has 0 aliphatic rings. The quantitative estimate of drug-likeness (QED) is 0.721. The molecule has 0 saturated carbocycles. The fraction of sp³-hybridized carbons (Fsp3) is 0.250. The van der Waals surface area contributed by atoms with E-state index in [9.17, 15) is 0 Å². The van der Waals surface area contributed by atoms with Crippen molar-refractivity contribution in [1.82, 2.24) is 0 Å². The Hall–Kier alpha value is -0.210. The lowest BCUT2D eigenvalue weighted by Crippen LogP contribution is -2.08. The normalized spacial score (nSPS) is 9.82. The molecule has 0 heterocycles. The standard InChI is InChI=1S/C8H9BrClN/c1-11(2)7-5-3-4-6(9)8(7)10/h3-5H,1-2H3. The third kappa shape index (κ3) is 1.88. The second-order valence-corrected chi connectivity index (χ2v) is 3.70. The molecular weight excluding hydrogens is 225 g/mol. The Bertz CT molecular complexity index is 260. The van der Waals surface area contributed by atoms with Gasteiger partial charge in [-0.3, -0.25) is 0 Å². The fourth-order valence-electron chi connectivity index (χ4n) is 0.838. The molecule has 0 saturated heterocycles. The van der Waals surface area contributed by atoms with Crippen LogP contribution >= 0.6 is 27.5 Å². The van der Waals surface area contributed by atoms with Gasteiger partial charge in [-0.05, 0) is 28.1 Å². The average molecular weight is 235 g/mol. The minimum atomic E-state index is 0.762. The molecule has 0 amide bonds. The minimum Gasteiger partial charge on any atom is -0.376 e. The maximum absolute atomic E-state index is 6.00. The van der Waals surface area contributed by atoms with Crippen LogP contribution in [0.4, 0.5) is 5.69 Å². The summed E-state index contributed by atoms with van der Waals surface area (Å²) in [5, 5.41) is 0.762. The van der Waals surface area contributed by atoms with Crippen LogP contribution in [-0.4, -0.2) is 14.1 Å². The highest BCUT2D eigenvalue weighted by Gasteiger charge is 2.03. The zero-order valence-corrected chi connectivity index (χ0v) is 8.78. The van der Waals surface area contributed by atoms with E-state index in [1.807, 2.05) is 37.2 Å². The average Bonchev–Trinajstić information content (AvgIpc) is 1.94. The second kappa shape index (κ2) is 3.46. The van der Waals surface area contributed by atoms with E-state index in [-0.39, 0.29) is 0 Å². The maximum Gasteiger partial charge on any atom is 0.0781 e. The Morgan fingerprint density at radius 3 is 2.45 bits per heavy atom. The number of hydrogen-bond donors (Lipinski definition) is 0. The Balaban J connectivity index is 3.17. The molecule has 1 rings (SSSR count). The van der Waals surface area contributed by atoms with Crippen LogP contribution in [0.5, 0.6) is 0 Å². The Morgan fingerprint density at radius 2 is 2.00 bits per heavy atom. The predicted octanol–water partition coefficient (Wildman–Crippen LogP) is 3.17. The third-order valence-corrected chi connectivity index (χ3v) is 2.70. The summed E-state index contributed by atoms with van der Waals surface area (Å²) in [7, 11) is 3.93. The third-order valence-electron chi connectivity index (χ3n) is 1.41. The molecule has 0 spiro atoms. The van der Waals surface area contributed by atoms with Gasteiger partial charge in [0.2, 0.25) is 0 Å². The van der Waals surface area contributed by atoms with Gasteiger partial charge in [-0.15, -0.1) is 0 Å². The number of hydrogen-bond acceptors (Lipinski definition) is 1. The van der Waals surface area contributed by atoms with Gasteiger partial charge in [0.25, 0.3) is 0 Å². The van der Waals surface area contributed by atoms with Gasteiger partial charge in [0.05, 0.1) is 10.7 Å². The second-order valence-electron chi connectivity index (χ2n) is 2.47. The van der Waals surface area contributed by atoms with E-state index in [0.29, 0.717) is 0 Å². The van der Waals surface area contributed by atoms with E-state index >= 15 is 0 Å². The van der Waals surface area contributed by atoms with Gasteiger partial charge >= 0.3 is 0 Å². The number of nitrogens with zero attached hydrogens (tertiary/aromatic N) is 1. The number of anilines is 1. The van der Waals surface area contributed by atoms with Crippen molar-refractivity contribution in [2.75, 3.05) is 19.0 Å². The van der Waals surface area contributed by atoms with Crippen LogP contribution < -0.4 is 4.90 Å². The first kappa shape index (κ1) is 8.88. The first-order valence-corrected chi connectivity index (χ1v) is 4.41. The molecule has 0 aliphatic heterocycles. The van der Waals surface area contributed by atoms with Crippen molar-refractivity contribution in [2.45, 2.75) is 0 Å². The van der Waals surface area contributed by atoms with Crippen molar-refractivity contribution in [3.63, 3.8) is 0 Å². The molecule has 1 nitrogen and oxygen atoms in total. The lowest BCUT2D eigenvalue weighted by molar-refractivity contribution is 1.13. The highest BCUT2D eigenvalue weighted by Crippen LogP contribution is 2.31. The van der Waals surface area contributed by atoms with E-state index in [1.54, 1.807) is 0 Å². The molecule has 0 bridgehead atoms. The van der Waals surface area contributed by atoms with Crippen molar-refractivity contribution in [3.8, 4) is 0 Å². The van der Waals surface area contributed by atoms with Gasteiger partial charge in [0.1, 0.15) is 0 Å². The monoisotopic (exact) mass is 233 g/mol. The van der Waals surface area contributed by atoms with Crippen LogP contribution in [0.3, 0.4) is 0 Å². The summed E-state index contributed by atoms with van der Waals surface area (Å²) >= 11 is 9.36. The zero-order chi connectivity index (χ0) is 8.43. The molecule has 0 atom stereocenters. The number of benzene rings is 1. The van der Waals surface area contributed by atoms with Crippen LogP contribution in [0.1, 0.15) is 0 Å². The summed E-state index contributed by atoms with van der Waals surface area (Å²) in [5.41, 5.74) is 1.03. The van der Waals surface area contributed by atoms with Gasteiger partial charge in [-0.1, -0.05) is 17.7 Å². The Morgan fingerprint density at radius 1 is 1.36 bits per heavy atom. The molecule has 3 heteroatoms. The summed E-state index contributed by atoms with van der Waals surface area (Å²) in [6.07, 6.45) is 0. The summed E-state index contributed by atoms with van der Waals surface area (Å²) in [5.74, 6) is 0. The van der Waals surface area contributed by atoms with E-state index in [2.05, 4.69) is 15.9 Å². The van der Waals surface area contributed by atoms with E-state index in [1.165, 1.54) is 0 Å². The first-order chi connectivity index (χ1) is 5.13. The number of rotatable bonds is 1. The van der Waals surface area contributed by atoms with Crippen molar-refractivity contribution in [1.29, 1.82) is 0 Å². The lowest BCUT2D eigenvalue weighted by Gasteiger charge is -2.14. The minimum absolute atomic E-state index is 0.762. The van der Waals surface area contributed by atoms with E-state index in [0.717, 1.165) is 15.2 Å². The molecule has 1 aromatic rings. The largest absolute Gasteiger partial charge is 0.376 e. The SMILES string of the molecule is CN(C)c1cccc(Br)c1Cl. The molecule has 0 fully saturated rings. The molecule has 0 radical (unpaired) electrons. The molecule has 1 aromatic carbocycles. The van der Waals surface area contributed by atoms with Gasteiger partial charge in [-0.25, -0.2) is 0 Å². The molecule has 0 unspecified atom stereocenters. The van der Waals surface area contributed by atoms with Crippen LogP contribution in [0.2, 0.25) is 5.02 Å². The summed E-state index contributed by atoms with van der Waals surface area (Å²) in [4.78, 5) is 1.98. The molecule has 0 aromatic heterocycles. The summed E-state index contributed by atoms with van der Waals surface area (Å²) < 4.78 is 0.936. The van der Waals surface area contributed by atoms with Crippen LogP contribution in [0, 0.1) is 0 Å². The van der Waals surface area contributed by atoms with Crippen molar-refractivity contribution in [2.24, 2.45) is 0 Å². The van der Waals surface area contributed by atoms with Crippen molar-refractivity contribution in [3.05, 3.63) is 27.7 Å². The van der Waals surface area contributed by atoms with Gasteiger partial charge < -0.3 is 4.90 Å². The van der Waals surface area contributed by atoms with Gasteiger partial charge in [-0.2, -0.15) is 0 Å².